The lowest BCUT2D eigenvalue weighted by atomic mass is 10.2. The molecule has 1 N–H and O–H groups in total. The molecule has 0 aliphatic carbocycles. The third kappa shape index (κ3) is 4.18. The quantitative estimate of drug-likeness (QED) is 0.542. The van der Waals surface area contributed by atoms with Gasteiger partial charge in [-0.3, -0.25) is 9.36 Å². The summed E-state index contributed by atoms with van der Waals surface area (Å²) >= 11 is 3.14. The van der Waals surface area contributed by atoms with E-state index in [2.05, 4.69) is 24.6 Å². The SMILES string of the molecule is Cc1sc2nc(C(C)Sc3nnc(N4CCOCC4)n3CC3CCCO3)[nH]c(=O)c2c1C. The average molecular weight is 477 g/mol. The number of anilines is 1. The van der Waals surface area contributed by atoms with E-state index in [4.69, 9.17) is 14.5 Å². The van der Waals surface area contributed by atoms with Crippen molar-refractivity contribution in [3.8, 4) is 0 Å². The second-order valence-electron chi connectivity index (χ2n) is 8.30. The van der Waals surface area contributed by atoms with Crippen molar-refractivity contribution in [3.05, 3.63) is 26.6 Å². The highest BCUT2D eigenvalue weighted by Gasteiger charge is 2.26. The molecular weight excluding hydrogens is 448 g/mol. The highest BCUT2D eigenvalue weighted by molar-refractivity contribution is 7.99. The molecule has 0 spiro atoms. The zero-order chi connectivity index (χ0) is 22.2. The van der Waals surface area contributed by atoms with Crippen LogP contribution in [0.15, 0.2) is 9.95 Å². The van der Waals surface area contributed by atoms with Gasteiger partial charge in [0.2, 0.25) is 5.95 Å². The van der Waals surface area contributed by atoms with Gasteiger partial charge in [0.15, 0.2) is 5.16 Å². The molecule has 0 radical (unpaired) electrons. The molecule has 2 fully saturated rings. The van der Waals surface area contributed by atoms with Crippen molar-refractivity contribution < 1.29 is 9.47 Å². The van der Waals surface area contributed by atoms with Gasteiger partial charge in [0, 0.05) is 24.6 Å². The highest BCUT2D eigenvalue weighted by Crippen LogP contribution is 2.35. The van der Waals surface area contributed by atoms with E-state index in [0.29, 0.717) is 24.4 Å². The fourth-order valence-corrected chi connectivity index (χ4v) is 6.14. The molecule has 3 aromatic rings. The van der Waals surface area contributed by atoms with Crippen LogP contribution in [0.3, 0.4) is 0 Å². The first-order chi connectivity index (χ1) is 15.5. The van der Waals surface area contributed by atoms with Crippen LogP contribution < -0.4 is 10.5 Å². The molecule has 5 rings (SSSR count). The summed E-state index contributed by atoms with van der Waals surface area (Å²) in [4.78, 5) is 24.7. The first-order valence-corrected chi connectivity index (χ1v) is 12.7. The van der Waals surface area contributed by atoms with Crippen molar-refractivity contribution in [3.63, 3.8) is 0 Å². The maximum Gasteiger partial charge on any atom is 0.259 e. The predicted molar refractivity (Wildman–Crippen MR) is 126 cm³/mol. The largest absolute Gasteiger partial charge is 0.378 e. The second kappa shape index (κ2) is 9.12. The van der Waals surface area contributed by atoms with Gasteiger partial charge in [0.1, 0.15) is 10.7 Å². The number of H-pyrrole nitrogens is 1. The van der Waals surface area contributed by atoms with E-state index >= 15 is 0 Å². The number of aromatic amines is 1. The van der Waals surface area contributed by atoms with E-state index < -0.39 is 0 Å². The molecule has 2 aliphatic heterocycles. The number of hydrogen-bond acceptors (Lipinski definition) is 9. The molecule has 2 aliphatic rings. The summed E-state index contributed by atoms with van der Waals surface area (Å²) in [6.45, 7) is 10.6. The summed E-state index contributed by atoms with van der Waals surface area (Å²) in [5, 5.41) is 10.5. The van der Waals surface area contributed by atoms with Crippen LogP contribution in [0.1, 0.15) is 41.3 Å². The number of ether oxygens (including phenoxy) is 2. The molecular formula is C21H28N6O3S2. The Labute approximate surface area is 194 Å². The number of aryl methyl sites for hydroxylation is 2. The standard InChI is InChI=1S/C21H28N6O3S2/c1-12-13(2)31-19-16(12)18(28)22-17(23-19)14(3)32-21-25-24-20(26-6-9-29-10-7-26)27(21)11-15-5-4-8-30-15/h14-15H,4-11H2,1-3H3,(H,22,23,28). The highest BCUT2D eigenvalue weighted by atomic mass is 32.2. The Morgan fingerprint density at radius 3 is 2.81 bits per heavy atom. The van der Waals surface area contributed by atoms with E-state index in [1.54, 1.807) is 23.1 Å². The van der Waals surface area contributed by atoms with Gasteiger partial charge in [-0.2, -0.15) is 0 Å². The summed E-state index contributed by atoms with van der Waals surface area (Å²) < 4.78 is 13.6. The molecule has 2 saturated heterocycles. The molecule has 172 valence electrons. The van der Waals surface area contributed by atoms with Gasteiger partial charge in [0.25, 0.3) is 5.56 Å². The zero-order valence-electron chi connectivity index (χ0n) is 18.6. The molecule has 2 unspecified atom stereocenters. The van der Waals surface area contributed by atoms with Crippen LogP contribution in [0.5, 0.6) is 0 Å². The number of nitrogens with one attached hydrogen (secondary N) is 1. The Hall–Kier alpha value is -1.95. The van der Waals surface area contributed by atoms with Crippen LogP contribution in [-0.2, 0) is 16.0 Å². The van der Waals surface area contributed by atoms with Gasteiger partial charge in [-0.05, 0) is 39.2 Å². The molecule has 3 aromatic heterocycles. The lowest BCUT2D eigenvalue weighted by molar-refractivity contribution is 0.0942. The van der Waals surface area contributed by atoms with Crippen LogP contribution in [-0.4, -0.2) is 63.7 Å². The number of rotatable bonds is 6. The van der Waals surface area contributed by atoms with E-state index in [1.807, 2.05) is 20.8 Å². The van der Waals surface area contributed by atoms with Crippen molar-refractivity contribution in [2.24, 2.45) is 0 Å². The number of aromatic nitrogens is 5. The van der Waals surface area contributed by atoms with Gasteiger partial charge < -0.3 is 19.4 Å². The Balaban J connectivity index is 1.44. The summed E-state index contributed by atoms with van der Waals surface area (Å²) in [7, 11) is 0. The van der Waals surface area contributed by atoms with E-state index in [-0.39, 0.29) is 16.9 Å². The third-order valence-corrected chi connectivity index (χ3v) is 8.32. The number of thioether (sulfide) groups is 1. The first-order valence-electron chi connectivity index (χ1n) is 11.1. The maximum absolute atomic E-state index is 12.7. The van der Waals surface area contributed by atoms with Gasteiger partial charge >= 0.3 is 0 Å². The van der Waals surface area contributed by atoms with Gasteiger partial charge in [0.05, 0.1) is 36.5 Å². The van der Waals surface area contributed by atoms with Gasteiger partial charge in [-0.1, -0.05) is 11.8 Å². The maximum atomic E-state index is 12.7. The smallest absolute Gasteiger partial charge is 0.259 e. The van der Waals surface area contributed by atoms with E-state index in [9.17, 15) is 4.79 Å². The van der Waals surface area contributed by atoms with E-state index in [0.717, 1.165) is 65.5 Å². The van der Waals surface area contributed by atoms with E-state index in [1.165, 1.54) is 0 Å². The lowest BCUT2D eigenvalue weighted by Gasteiger charge is -2.28. The molecule has 5 heterocycles. The Kier molecular flexibility index (Phi) is 6.24. The minimum atomic E-state index is -0.0835. The fraction of sp³-hybridized carbons (Fsp3) is 0.619. The van der Waals surface area contributed by atoms with Crippen LogP contribution >= 0.6 is 23.1 Å². The van der Waals surface area contributed by atoms with Crippen LogP contribution in [0.4, 0.5) is 5.95 Å². The van der Waals surface area contributed by atoms with Crippen molar-refractivity contribution in [2.75, 3.05) is 37.8 Å². The Bertz CT molecular complexity index is 1160. The van der Waals surface area contributed by atoms with Crippen LogP contribution in [0, 0.1) is 13.8 Å². The number of hydrogen-bond donors (Lipinski definition) is 1. The molecule has 32 heavy (non-hydrogen) atoms. The van der Waals surface area contributed by atoms with Gasteiger partial charge in [-0.25, -0.2) is 4.98 Å². The Morgan fingerprint density at radius 2 is 2.06 bits per heavy atom. The summed E-state index contributed by atoms with van der Waals surface area (Å²) in [6.07, 6.45) is 2.30. The zero-order valence-corrected chi connectivity index (χ0v) is 20.2. The number of fused-ring (bicyclic) bond motifs is 1. The van der Waals surface area contributed by atoms with Crippen molar-refractivity contribution in [2.45, 2.75) is 56.7 Å². The molecule has 11 heteroatoms. The third-order valence-electron chi connectivity index (χ3n) is 6.13. The number of thiophene rings is 1. The van der Waals surface area contributed by atoms with Crippen molar-refractivity contribution >= 4 is 39.3 Å². The fourth-order valence-electron chi connectivity index (χ4n) is 4.20. The monoisotopic (exact) mass is 476 g/mol. The minimum Gasteiger partial charge on any atom is -0.378 e. The summed E-state index contributed by atoms with van der Waals surface area (Å²) in [6, 6.07) is 0. The predicted octanol–water partition coefficient (Wildman–Crippen LogP) is 3.06. The molecule has 0 amide bonds. The normalized spacial score (nSPS) is 20.3. The summed E-state index contributed by atoms with van der Waals surface area (Å²) in [5.41, 5.74) is 0.936. The van der Waals surface area contributed by atoms with Crippen molar-refractivity contribution in [1.82, 2.24) is 24.7 Å². The number of morpholine rings is 1. The average Bonchev–Trinajstić information content (AvgIpc) is 3.50. The molecule has 0 aromatic carbocycles. The molecule has 0 saturated carbocycles. The Morgan fingerprint density at radius 1 is 1.25 bits per heavy atom. The topological polar surface area (TPSA) is 98.2 Å². The summed E-state index contributed by atoms with van der Waals surface area (Å²) in [5.74, 6) is 1.52. The first kappa shape index (κ1) is 21.9. The molecule has 9 nitrogen and oxygen atoms in total. The number of nitrogens with zero attached hydrogens (tertiary/aromatic N) is 5. The van der Waals surface area contributed by atoms with Crippen LogP contribution in [0.25, 0.3) is 10.2 Å². The second-order valence-corrected chi connectivity index (χ2v) is 10.8. The lowest BCUT2D eigenvalue weighted by Crippen LogP contribution is -2.38. The van der Waals surface area contributed by atoms with Gasteiger partial charge in [-0.15, -0.1) is 21.5 Å². The molecule has 2 atom stereocenters. The minimum absolute atomic E-state index is 0.0749. The van der Waals surface area contributed by atoms with Crippen LogP contribution in [0.2, 0.25) is 0 Å². The van der Waals surface area contributed by atoms with Crippen molar-refractivity contribution in [1.29, 1.82) is 0 Å². The molecule has 0 bridgehead atoms.